The summed E-state index contributed by atoms with van der Waals surface area (Å²) in [5.41, 5.74) is -0.603. The van der Waals surface area contributed by atoms with Crippen molar-refractivity contribution in [3.8, 4) is 0 Å². The number of aliphatic imine (C=N–C) groups is 1. The first-order valence-corrected chi connectivity index (χ1v) is 3.58. The zero-order valence-corrected chi connectivity index (χ0v) is 7.15. The van der Waals surface area contributed by atoms with Gasteiger partial charge in [-0.15, -0.1) is 0 Å². The van der Waals surface area contributed by atoms with E-state index in [9.17, 15) is 19.3 Å². The Morgan fingerprint density at radius 1 is 1.57 bits per heavy atom. The Bertz CT molecular complexity index is 438. The van der Waals surface area contributed by atoms with Gasteiger partial charge in [-0.25, -0.2) is 9.18 Å². The molecule has 0 radical (unpaired) electrons. The minimum Gasteiger partial charge on any atom is -0.258 e. The molecule has 0 bridgehead atoms. The van der Waals surface area contributed by atoms with Crippen LogP contribution in [0.2, 0.25) is 0 Å². The number of rotatable bonds is 2. The second-order valence-electron chi connectivity index (χ2n) is 2.53. The minimum absolute atomic E-state index is 0.0835. The first-order valence-electron chi connectivity index (χ1n) is 3.58. The first-order chi connectivity index (χ1) is 6.56. The van der Waals surface area contributed by atoms with Crippen LogP contribution in [0.5, 0.6) is 0 Å². The van der Waals surface area contributed by atoms with Crippen molar-refractivity contribution in [2.75, 3.05) is 0 Å². The van der Waals surface area contributed by atoms with Crippen LogP contribution in [-0.2, 0) is 4.79 Å². The molecule has 0 aliphatic carbocycles. The van der Waals surface area contributed by atoms with Gasteiger partial charge in [-0.1, -0.05) is 0 Å². The largest absolute Gasteiger partial charge is 0.277 e. The number of carbonyl (C=O) groups excluding carboxylic acids is 1. The molecular formula is C8H5FN2O3. The van der Waals surface area contributed by atoms with Gasteiger partial charge in [-0.2, -0.15) is 4.99 Å². The molecule has 0 atom stereocenters. The Labute approximate surface area is 78.0 Å². The van der Waals surface area contributed by atoms with E-state index in [-0.39, 0.29) is 11.3 Å². The van der Waals surface area contributed by atoms with E-state index in [1.54, 1.807) is 0 Å². The van der Waals surface area contributed by atoms with Crippen LogP contribution < -0.4 is 0 Å². The third-order valence-corrected chi connectivity index (χ3v) is 1.67. The Morgan fingerprint density at radius 2 is 2.21 bits per heavy atom. The number of hydrogen-bond acceptors (Lipinski definition) is 4. The highest BCUT2D eigenvalue weighted by Crippen LogP contribution is 2.26. The van der Waals surface area contributed by atoms with Gasteiger partial charge in [0.05, 0.1) is 16.2 Å². The second-order valence-corrected chi connectivity index (χ2v) is 2.53. The molecule has 0 aliphatic heterocycles. The van der Waals surface area contributed by atoms with E-state index < -0.39 is 16.4 Å². The minimum atomic E-state index is -0.770. The van der Waals surface area contributed by atoms with E-state index in [4.69, 9.17) is 0 Å². The van der Waals surface area contributed by atoms with E-state index in [0.29, 0.717) is 0 Å². The molecule has 0 N–H and O–H groups in total. The van der Waals surface area contributed by atoms with Gasteiger partial charge in [0.25, 0.3) is 5.69 Å². The predicted molar refractivity (Wildman–Crippen MR) is 45.6 cm³/mol. The van der Waals surface area contributed by atoms with Crippen LogP contribution in [0, 0.1) is 22.9 Å². The Balaban J connectivity index is 3.42. The van der Waals surface area contributed by atoms with Crippen molar-refractivity contribution in [2.45, 2.75) is 6.92 Å². The fraction of sp³-hybridized carbons (Fsp3) is 0.125. The Hall–Kier alpha value is -2.07. The van der Waals surface area contributed by atoms with Crippen molar-refractivity contribution in [2.24, 2.45) is 4.99 Å². The smallest absolute Gasteiger partial charge is 0.258 e. The monoisotopic (exact) mass is 196 g/mol. The van der Waals surface area contributed by atoms with Gasteiger partial charge in [-0.05, 0) is 6.92 Å². The second kappa shape index (κ2) is 3.76. The molecule has 72 valence electrons. The number of hydrogen-bond donors (Lipinski definition) is 0. The van der Waals surface area contributed by atoms with Crippen LogP contribution in [0.1, 0.15) is 5.56 Å². The number of nitrogens with zero attached hydrogens (tertiary/aromatic N) is 2. The van der Waals surface area contributed by atoms with Crippen LogP contribution >= 0.6 is 0 Å². The summed E-state index contributed by atoms with van der Waals surface area (Å²) in [7, 11) is 0. The van der Waals surface area contributed by atoms with Crippen molar-refractivity contribution in [1.82, 2.24) is 0 Å². The number of isocyanates is 1. The van der Waals surface area contributed by atoms with Gasteiger partial charge in [0.1, 0.15) is 5.82 Å². The van der Waals surface area contributed by atoms with E-state index >= 15 is 0 Å². The van der Waals surface area contributed by atoms with Gasteiger partial charge in [0.15, 0.2) is 0 Å². The highest BCUT2D eigenvalue weighted by molar-refractivity contribution is 5.56. The van der Waals surface area contributed by atoms with Crippen molar-refractivity contribution >= 4 is 17.5 Å². The normalized spacial score (nSPS) is 9.29. The number of nitro groups is 1. The van der Waals surface area contributed by atoms with Gasteiger partial charge in [-0.3, -0.25) is 10.1 Å². The van der Waals surface area contributed by atoms with Crippen molar-refractivity contribution in [3.63, 3.8) is 0 Å². The van der Waals surface area contributed by atoms with E-state index in [2.05, 4.69) is 4.99 Å². The topological polar surface area (TPSA) is 72.6 Å². The summed E-state index contributed by atoms with van der Waals surface area (Å²) in [5.74, 6) is -0.770. The van der Waals surface area contributed by atoms with Gasteiger partial charge < -0.3 is 0 Å². The van der Waals surface area contributed by atoms with E-state index in [0.717, 1.165) is 12.1 Å². The van der Waals surface area contributed by atoms with Gasteiger partial charge in [0.2, 0.25) is 6.08 Å². The van der Waals surface area contributed by atoms with Crippen LogP contribution in [0.15, 0.2) is 17.1 Å². The molecule has 6 heteroatoms. The van der Waals surface area contributed by atoms with Crippen LogP contribution in [-0.4, -0.2) is 11.0 Å². The van der Waals surface area contributed by atoms with E-state index in [1.165, 1.54) is 13.0 Å². The molecule has 0 spiro atoms. The maximum Gasteiger partial charge on any atom is 0.277 e. The SMILES string of the molecule is Cc1c(F)cc(N=C=O)cc1[N+](=O)[O-]. The van der Waals surface area contributed by atoms with Gasteiger partial charge in [0, 0.05) is 12.1 Å². The molecule has 1 aromatic rings. The fourth-order valence-electron chi connectivity index (χ4n) is 0.957. The van der Waals surface area contributed by atoms with Crippen molar-refractivity contribution < 1.29 is 14.1 Å². The zero-order valence-electron chi connectivity index (χ0n) is 7.15. The molecule has 0 aromatic heterocycles. The molecule has 14 heavy (non-hydrogen) atoms. The van der Waals surface area contributed by atoms with Crippen molar-refractivity contribution in [1.29, 1.82) is 0 Å². The molecular weight excluding hydrogens is 191 g/mol. The number of halogens is 1. The first kappa shape index (κ1) is 10.0. The lowest BCUT2D eigenvalue weighted by atomic mass is 10.2. The highest BCUT2D eigenvalue weighted by Gasteiger charge is 2.15. The molecule has 5 nitrogen and oxygen atoms in total. The summed E-state index contributed by atoms with van der Waals surface area (Å²) in [6, 6.07) is 1.95. The molecule has 0 unspecified atom stereocenters. The average Bonchev–Trinajstić information content (AvgIpc) is 2.11. The quantitative estimate of drug-likeness (QED) is 0.314. The lowest BCUT2D eigenvalue weighted by Gasteiger charge is -1.99. The third-order valence-electron chi connectivity index (χ3n) is 1.67. The molecule has 0 amide bonds. The summed E-state index contributed by atoms with van der Waals surface area (Å²) < 4.78 is 13.0. The lowest BCUT2D eigenvalue weighted by molar-refractivity contribution is -0.385. The van der Waals surface area contributed by atoms with Crippen LogP contribution in [0.3, 0.4) is 0 Å². The van der Waals surface area contributed by atoms with Gasteiger partial charge >= 0.3 is 0 Å². The fourth-order valence-corrected chi connectivity index (χ4v) is 0.957. The van der Waals surface area contributed by atoms with Crippen LogP contribution in [0.25, 0.3) is 0 Å². The maximum absolute atomic E-state index is 13.0. The third kappa shape index (κ3) is 1.81. The summed E-state index contributed by atoms with van der Waals surface area (Å²) in [6.45, 7) is 1.28. The number of nitro benzene ring substituents is 1. The summed E-state index contributed by atoms with van der Waals surface area (Å²) in [6.07, 6.45) is 1.18. The maximum atomic E-state index is 13.0. The highest BCUT2D eigenvalue weighted by atomic mass is 19.1. The molecule has 0 saturated carbocycles. The molecule has 0 aliphatic rings. The summed E-state index contributed by atoms with van der Waals surface area (Å²) >= 11 is 0. The number of benzene rings is 1. The lowest BCUT2D eigenvalue weighted by Crippen LogP contribution is -1.94. The summed E-state index contributed by atoms with van der Waals surface area (Å²) in [4.78, 5) is 22.7. The molecule has 0 fully saturated rings. The molecule has 0 heterocycles. The Kier molecular flexibility index (Phi) is 2.69. The summed E-state index contributed by atoms with van der Waals surface area (Å²) in [5, 5.41) is 10.4. The van der Waals surface area contributed by atoms with Crippen molar-refractivity contribution in [3.05, 3.63) is 33.6 Å². The predicted octanol–water partition coefficient (Wildman–Crippen LogP) is 2.01. The zero-order chi connectivity index (χ0) is 10.7. The average molecular weight is 196 g/mol. The standard InChI is InChI=1S/C8H5FN2O3/c1-5-7(9)2-6(10-4-12)3-8(5)11(13)14/h2-3H,1H3. The molecule has 1 rings (SSSR count). The van der Waals surface area contributed by atoms with E-state index in [1.807, 2.05) is 0 Å². The Morgan fingerprint density at radius 3 is 2.71 bits per heavy atom. The molecule has 1 aromatic carbocycles. The van der Waals surface area contributed by atoms with Crippen LogP contribution in [0.4, 0.5) is 15.8 Å². The molecule has 0 saturated heterocycles.